The Labute approximate surface area is 115 Å². The third-order valence-corrected chi connectivity index (χ3v) is 2.79. The number of benzene rings is 1. The van der Waals surface area contributed by atoms with Gasteiger partial charge in [0.2, 0.25) is 0 Å². The van der Waals surface area contributed by atoms with Crippen LogP contribution in [0.3, 0.4) is 0 Å². The lowest BCUT2D eigenvalue weighted by Crippen LogP contribution is -2.18. The number of alkyl halides is 3. The minimum absolute atomic E-state index is 0.102. The van der Waals surface area contributed by atoms with E-state index in [-0.39, 0.29) is 19.4 Å². The maximum Gasteiger partial charge on any atom is 0.411 e. The zero-order valence-corrected chi connectivity index (χ0v) is 11.1. The van der Waals surface area contributed by atoms with Crippen LogP contribution in [0.5, 0.6) is 0 Å². The molecule has 6 heteroatoms. The van der Waals surface area contributed by atoms with Gasteiger partial charge in [-0.3, -0.25) is 4.79 Å². The van der Waals surface area contributed by atoms with E-state index in [0.29, 0.717) is 5.56 Å². The summed E-state index contributed by atoms with van der Waals surface area (Å²) in [5, 5.41) is 9.18. The van der Waals surface area contributed by atoms with E-state index in [9.17, 15) is 23.1 Å². The van der Waals surface area contributed by atoms with Crippen molar-refractivity contribution >= 4 is 5.97 Å². The second-order valence-electron chi connectivity index (χ2n) is 4.61. The van der Waals surface area contributed by atoms with Crippen LogP contribution in [-0.4, -0.2) is 30.5 Å². The lowest BCUT2D eigenvalue weighted by molar-refractivity contribution is -0.174. The van der Waals surface area contributed by atoms with Gasteiger partial charge >= 0.3 is 12.1 Å². The summed E-state index contributed by atoms with van der Waals surface area (Å²) in [7, 11) is 0. The third-order valence-electron chi connectivity index (χ3n) is 2.79. The standard InChI is InChI=1S/C14H17F3O3/c1-10-4-2-5-11(8-10)12(13(18)19)6-3-7-20-9-14(15,16)17/h2,4-5,8,12H,3,6-7,9H2,1H3,(H,18,19). The number of hydrogen-bond acceptors (Lipinski definition) is 2. The van der Waals surface area contributed by atoms with Crippen molar-refractivity contribution in [3.05, 3.63) is 35.4 Å². The van der Waals surface area contributed by atoms with Gasteiger partial charge in [-0.25, -0.2) is 0 Å². The summed E-state index contributed by atoms with van der Waals surface area (Å²) in [5.41, 5.74) is 1.61. The molecule has 0 spiro atoms. The second-order valence-corrected chi connectivity index (χ2v) is 4.61. The Morgan fingerprint density at radius 2 is 2.10 bits per heavy atom. The van der Waals surface area contributed by atoms with Crippen molar-refractivity contribution in [1.82, 2.24) is 0 Å². The number of halogens is 3. The van der Waals surface area contributed by atoms with Crippen LogP contribution in [-0.2, 0) is 9.53 Å². The predicted molar refractivity (Wildman–Crippen MR) is 67.7 cm³/mol. The van der Waals surface area contributed by atoms with Crippen LogP contribution in [0.2, 0.25) is 0 Å². The molecule has 0 aliphatic rings. The smallest absolute Gasteiger partial charge is 0.411 e. The van der Waals surface area contributed by atoms with Crippen molar-refractivity contribution < 1.29 is 27.8 Å². The summed E-state index contributed by atoms with van der Waals surface area (Å²) in [6.07, 6.45) is -3.83. The van der Waals surface area contributed by atoms with Crippen LogP contribution >= 0.6 is 0 Å². The van der Waals surface area contributed by atoms with E-state index in [1.54, 1.807) is 18.2 Å². The highest BCUT2D eigenvalue weighted by Gasteiger charge is 2.27. The average molecular weight is 290 g/mol. The maximum atomic E-state index is 11.9. The molecule has 112 valence electrons. The molecule has 0 radical (unpaired) electrons. The molecule has 1 aromatic carbocycles. The van der Waals surface area contributed by atoms with E-state index in [2.05, 4.69) is 4.74 Å². The molecule has 1 unspecified atom stereocenters. The second kappa shape index (κ2) is 7.28. The molecule has 1 aromatic rings. The molecule has 0 aromatic heterocycles. The molecule has 1 atom stereocenters. The van der Waals surface area contributed by atoms with E-state index in [1.165, 1.54) is 0 Å². The quantitative estimate of drug-likeness (QED) is 0.781. The lowest BCUT2D eigenvalue weighted by Gasteiger charge is -2.14. The van der Waals surface area contributed by atoms with Gasteiger partial charge in [0.25, 0.3) is 0 Å². The van der Waals surface area contributed by atoms with E-state index >= 15 is 0 Å². The van der Waals surface area contributed by atoms with Gasteiger partial charge in [0.05, 0.1) is 5.92 Å². The molecule has 0 saturated carbocycles. The Kier molecular flexibility index (Phi) is 6.01. The Hall–Kier alpha value is -1.56. The fraction of sp³-hybridized carbons (Fsp3) is 0.500. The largest absolute Gasteiger partial charge is 0.481 e. The number of carboxylic acid groups (broad SMARTS) is 1. The number of carboxylic acids is 1. The van der Waals surface area contributed by atoms with Gasteiger partial charge < -0.3 is 9.84 Å². The molecule has 0 aliphatic heterocycles. The molecule has 0 saturated heterocycles. The normalized spacial score (nSPS) is 13.2. The van der Waals surface area contributed by atoms with Crippen molar-refractivity contribution in [2.24, 2.45) is 0 Å². The van der Waals surface area contributed by atoms with Crippen molar-refractivity contribution in [2.45, 2.75) is 31.9 Å². The number of aliphatic carboxylic acids is 1. The number of rotatable bonds is 7. The van der Waals surface area contributed by atoms with E-state index in [0.717, 1.165) is 5.56 Å². The van der Waals surface area contributed by atoms with Crippen molar-refractivity contribution in [1.29, 1.82) is 0 Å². The Morgan fingerprint density at radius 1 is 1.40 bits per heavy atom. The zero-order valence-electron chi connectivity index (χ0n) is 11.1. The van der Waals surface area contributed by atoms with E-state index in [4.69, 9.17) is 0 Å². The van der Waals surface area contributed by atoms with Gasteiger partial charge in [-0.05, 0) is 25.3 Å². The van der Waals surface area contributed by atoms with Gasteiger partial charge in [0, 0.05) is 6.61 Å². The van der Waals surface area contributed by atoms with Crippen LogP contribution in [0, 0.1) is 6.92 Å². The Balaban J connectivity index is 2.47. The molecule has 0 fully saturated rings. The van der Waals surface area contributed by atoms with E-state index in [1.807, 2.05) is 13.0 Å². The Bertz CT molecular complexity index is 444. The van der Waals surface area contributed by atoms with Crippen LogP contribution in [0.15, 0.2) is 24.3 Å². The first kappa shape index (κ1) is 16.5. The maximum absolute atomic E-state index is 11.9. The van der Waals surface area contributed by atoms with Crippen molar-refractivity contribution in [2.75, 3.05) is 13.2 Å². The predicted octanol–water partition coefficient (Wildman–Crippen LogP) is 3.52. The molecule has 20 heavy (non-hydrogen) atoms. The highest BCUT2D eigenvalue weighted by Crippen LogP contribution is 2.23. The first-order valence-corrected chi connectivity index (χ1v) is 6.23. The number of carbonyl (C=O) groups is 1. The molecule has 1 N–H and O–H groups in total. The molecular weight excluding hydrogens is 273 g/mol. The minimum atomic E-state index is -4.34. The molecular formula is C14H17F3O3. The zero-order chi connectivity index (χ0) is 15.2. The summed E-state index contributed by atoms with van der Waals surface area (Å²) in [6, 6.07) is 7.10. The topological polar surface area (TPSA) is 46.5 Å². The van der Waals surface area contributed by atoms with Gasteiger partial charge in [0.15, 0.2) is 0 Å². The van der Waals surface area contributed by atoms with Crippen LogP contribution in [0.4, 0.5) is 13.2 Å². The van der Waals surface area contributed by atoms with Gasteiger partial charge in [-0.15, -0.1) is 0 Å². The van der Waals surface area contributed by atoms with Crippen LogP contribution in [0.25, 0.3) is 0 Å². The summed E-state index contributed by atoms with van der Waals surface area (Å²) >= 11 is 0. The van der Waals surface area contributed by atoms with Gasteiger partial charge in [-0.1, -0.05) is 29.8 Å². The SMILES string of the molecule is Cc1cccc(C(CCCOCC(F)(F)F)C(=O)O)c1. The summed E-state index contributed by atoms with van der Waals surface area (Å²) in [4.78, 5) is 11.2. The lowest BCUT2D eigenvalue weighted by atomic mass is 9.93. The minimum Gasteiger partial charge on any atom is -0.481 e. The van der Waals surface area contributed by atoms with Crippen LogP contribution in [0.1, 0.15) is 29.9 Å². The molecule has 1 rings (SSSR count). The summed E-state index contributed by atoms with van der Waals surface area (Å²) < 4.78 is 40.0. The number of ether oxygens (including phenoxy) is 1. The first-order valence-electron chi connectivity index (χ1n) is 6.23. The first-order chi connectivity index (χ1) is 9.29. The monoisotopic (exact) mass is 290 g/mol. The Morgan fingerprint density at radius 3 is 2.65 bits per heavy atom. The van der Waals surface area contributed by atoms with E-state index < -0.39 is 24.7 Å². The van der Waals surface area contributed by atoms with Crippen molar-refractivity contribution in [3.63, 3.8) is 0 Å². The summed E-state index contributed by atoms with van der Waals surface area (Å²) in [6.45, 7) is 0.457. The highest BCUT2D eigenvalue weighted by atomic mass is 19.4. The molecule has 0 bridgehead atoms. The molecule has 0 aliphatic carbocycles. The molecule has 3 nitrogen and oxygen atoms in total. The van der Waals surface area contributed by atoms with Crippen LogP contribution < -0.4 is 0 Å². The molecule has 0 heterocycles. The summed E-state index contributed by atoms with van der Waals surface area (Å²) in [5.74, 6) is -1.70. The van der Waals surface area contributed by atoms with Gasteiger partial charge in [0.1, 0.15) is 6.61 Å². The fourth-order valence-corrected chi connectivity index (χ4v) is 1.90. The third kappa shape index (κ3) is 6.06. The fourth-order valence-electron chi connectivity index (χ4n) is 1.90. The van der Waals surface area contributed by atoms with Crippen molar-refractivity contribution in [3.8, 4) is 0 Å². The highest BCUT2D eigenvalue weighted by molar-refractivity contribution is 5.76. The van der Waals surface area contributed by atoms with Gasteiger partial charge in [-0.2, -0.15) is 13.2 Å². The number of aryl methyl sites for hydroxylation is 1. The average Bonchev–Trinajstić information content (AvgIpc) is 2.31. The molecule has 0 amide bonds. The number of hydrogen-bond donors (Lipinski definition) is 1.